The van der Waals surface area contributed by atoms with Gasteiger partial charge in [0, 0.05) is 25.7 Å². The smallest absolute Gasteiger partial charge is 0.404 e. The Hall–Kier alpha value is -1.95. The number of piperidine rings is 1. The van der Waals surface area contributed by atoms with Crippen molar-refractivity contribution >= 4 is 6.09 Å². The molecule has 122 valence electrons. The van der Waals surface area contributed by atoms with E-state index in [0.717, 1.165) is 44.0 Å². The van der Waals surface area contributed by atoms with E-state index in [1.807, 2.05) is 25.1 Å². The van der Waals surface area contributed by atoms with Gasteiger partial charge in [0.15, 0.2) is 11.5 Å². The Morgan fingerprint density at radius 2 is 2.09 bits per heavy atom. The van der Waals surface area contributed by atoms with E-state index in [4.69, 9.17) is 14.6 Å². The summed E-state index contributed by atoms with van der Waals surface area (Å²) in [7, 11) is 1.64. The second-order valence-corrected chi connectivity index (χ2v) is 5.42. The normalized spacial score (nSPS) is 16.3. The fraction of sp³-hybridized carbons (Fsp3) is 0.562. The zero-order chi connectivity index (χ0) is 15.9. The molecule has 1 fully saturated rings. The summed E-state index contributed by atoms with van der Waals surface area (Å²) in [6.07, 6.45) is 0.761. The average molecular weight is 308 g/mol. The van der Waals surface area contributed by atoms with Gasteiger partial charge in [-0.2, -0.15) is 0 Å². The molecule has 1 aromatic carbocycles. The van der Waals surface area contributed by atoms with E-state index in [0.29, 0.717) is 6.61 Å². The molecule has 2 rings (SSSR count). The molecule has 1 aliphatic rings. The van der Waals surface area contributed by atoms with E-state index >= 15 is 0 Å². The molecule has 0 aliphatic carbocycles. The predicted octanol–water partition coefficient (Wildman–Crippen LogP) is 2.33. The lowest BCUT2D eigenvalue weighted by atomic mass is 10.0. The molecule has 0 aromatic heterocycles. The quantitative estimate of drug-likeness (QED) is 0.844. The standard InChI is InChI=1S/C16H24N2O4/c1-3-22-15-10-12(4-5-14(15)21-2)11-18-8-6-13(7-9-18)17-16(19)20/h4-5,10,13,17H,3,6-9,11H2,1-2H3,(H,19,20). The zero-order valence-electron chi connectivity index (χ0n) is 13.2. The Morgan fingerprint density at radius 3 is 2.68 bits per heavy atom. The van der Waals surface area contributed by atoms with Crippen LogP contribution in [0.3, 0.4) is 0 Å². The minimum atomic E-state index is -0.935. The molecule has 0 saturated carbocycles. The molecule has 6 heteroatoms. The number of carbonyl (C=O) groups is 1. The van der Waals surface area contributed by atoms with Crippen LogP contribution in [0, 0.1) is 0 Å². The minimum Gasteiger partial charge on any atom is -0.493 e. The highest BCUT2D eigenvalue weighted by molar-refractivity contribution is 5.64. The third kappa shape index (κ3) is 4.53. The number of amides is 1. The Bertz CT molecular complexity index is 499. The van der Waals surface area contributed by atoms with Crippen LogP contribution in [0.5, 0.6) is 11.5 Å². The molecule has 0 radical (unpaired) electrons. The van der Waals surface area contributed by atoms with E-state index in [1.165, 1.54) is 5.56 Å². The molecule has 0 bridgehead atoms. The molecule has 1 heterocycles. The Balaban J connectivity index is 1.91. The van der Waals surface area contributed by atoms with E-state index in [2.05, 4.69) is 10.2 Å². The van der Waals surface area contributed by atoms with Gasteiger partial charge in [0.2, 0.25) is 0 Å². The number of hydrogen-bond acceptors (Lipinski definition) is 4. The molecule has 1 aromatic rings. The lowest BCUT2D eigenvalue weighted by molar-refractivity contribution is 0.165. The second kappa shape index (κ2) is 7.89. The van der Waals surface area contributed by atoms with Crippen molar-refractivity contribution in [3.05, 3.63) is 23.8 Å². The summed E-state index contributed by atoms with van der Waals surface area (Å²) >= 11 is 0. The average Bonchev–Trinajstić information content (AvgIpc) is 2.49. The molecular weight excluding hydrogens is 284 g/mol. The van der Waals surface area contributed by atoms with Gasteiger partial charge in [0.25, 0.3) is 0 Å². The van der Waals surface area contributed by atoms with Crippen LogP contribution >= 0.6 is 0 Å². The van der Waals surface area contributed by atoms with Crippen LogP contribution in [-0.4, -0.2) is 48.9 Å². The van der Waals surface area contributed by atoms with Crippen LogP contribution in [0.2, 0.25) is 0 Å². The van der Waals surface area contributed by atoms with Crippen molar-refractivity contribution in [1.29, 1.82) is 0 Å². The molecule has 0 atom stereocenters. The maximum Gasteiger partial charge on any atom is 0.404 e. The van der Waals surface area contributed by atoms with Gasteiger partial charge in [-0.25, -0.2) is 4.79 Å². The maximum atomic E-state index is 10.6. The summed E-state index contributed by atoms with van der Waals surface area (Å²) in [5, 5.41) is 11.3. The van der Waals surface area contributed by atoms with E-state index < -0.39 is 6.09 Å². The van der Waals surface area contributed by atoms with Gasteiger partial charge in [-0.3, -0.25) is 4.90 Å². The van der Waals surface area contributed by atoms with Gasteiger partial charge in [-0.15, -0.1) is 0 Å². The second-order valence-electron chi connectivity index (χ2n) is 5.42. The first-order valence-electron chi connectivity index (χ1n) is 7.64. The lowest BCUT2D eigenvalue weighted by Gasteiger charge is -2.31. The predicted molar refractivity (Wildman–Crippen MR) is 83.6 cm³/mol. The number of carboxylic acid groups (broad SMARTS) is 1. The molecule has 1 amide bonds. The number of benzene rings is 1. The van der Waals surface area contributed by atoms with Crippen LogP contribution in [0.15, 0.2) is 18.2 Å². The number of nitrogens with one attached hydrogen (secondary N) is 1. The van der Waals surface area contributed by atoms with E-state index in [9.17, 15) is 4.79 Å². The van der Waals surface area contributed by atoms with Gasteiger partial charge < -0.3 is 19.9 Å². The van der Waals surface area contributed by atoms with Crippen LogP contribution in [0.4, 0.5) is 4.79 Å². The van der Waals surface area contributed by atoms with Crippen molar-refractivity contribution in [2.75, 3.05) is 26.8 Å². The third-order valence-electron chi connectivity index (χ3n) is 3.85. The van der Waals surface area contributed by atoms with Gasteiger partial charge in [0.05, 0.1) is 13.7 Å². The molecule has 1 saturated heterocycles. The molecule has 1 aliphatic heterocycles. The fourth-order valence-corrected chi connectivity index (χ4v) is 2.76. The van der Waals surface area contributed by atoms with Gasteiger partial charge in [-0.1, -0.05) is 6.07 Å². The van der Waals surface area contributed by atoms with Crippen molar-refractivity contribution in [1.82, 2.24) is 10.2 Å². The molecule has 2 N–H and O–H groups in total. The Labute approximate surface area is 131 Å². The van der Waals surface area contributed by atoms with Crippen molar-refractivity contribution in [2.45, 2.75) is 32.4 Å². The lowest BCUT2D eigenvalue weighted by Crippen LogP contribution is -2.43. The summed E-state index contributed by atoms with van der Waals surface area (Å²) in [4.78, 5) is 13.0. The summed E-state index contributed by atoms with van der Waals surface area (Å²) in [5.74, 6) is 1.51. The largest absolute Gasteiger partial charge is 0.493 e. The van der Waals surface area contributed by atoms with Crippen molar-refractivity contribution in [2.24, 2.45) is 0 Å². The number of hydrogen-bond donors (Lipinski definition) is 2. The van der Waals surface area contributed by atoms with E-state index in [-0.39, 0.29) is 6.04 Å². The summed E-state index contributed by atoms with van der Waals surface area (Å²) in [5.41, 5.74) is 1.17. The molecule has 6 nitrogen and oxygen atoms in total. The molecule has 22 heavy (non-hydrogen) atoms. The molecular formula is C16H24N2O4. The number of ether oxygens (including phenoxy) is 2. The monoisotopic (exact) mass is 308 g/mol. The van der Waals surface area contributed by atoms with Gasteiger partial charge >= 0.3 is 6.09 Å². The minimum absolute atomic E-state index is 0.0728. The molecule has 0 spiro atoms. The zero-order valence-corrected chi connectivity index (χ0v) is 13.2. The van der Waals surface area contributed by atoms with Gasteiger partial charge in [-0.05, 0) is 37.5 Å². The first kappa shape index (κ1) is 16.4. The Morgan fingerprint density at radius 1 is 1.36 bits per heavy atom. The maximum absolute atomic E-state index is 10.6. The first-order valence-corrected chi connectivity index (χ1v) is 7.64. The topological polar surface area (TPSA) is 71.0 Å². The summed E-state index contributed by atoms with van der Waals surface area (Å²) in [6, 6.07) is 6.06. The number of rotatable bonds is 6. The first-order chi connectivity index (χ1) is 10.6. The summed E-state index contributed by atoms with van der Waals surface area (Å²) in [6.45, 7) is 5.17. The number of nitrogens with zero attached hydrogens (tertiary/aromatic N) is 1. The number of methoxy groups -OCH3 is 1. The SMILES string of the molecule is CCOc1cc(CN2CCC(NC(=O)O)CC2)ccc1OC. The fourth-order valence-electron chi connectivity index (χ4n) is 2.76. The summed E-state index contributed by atoms with van der Waals surface area (Å²) < 4.78 is 10.9. The highest BCUT2D eigenvalue weighted by Gasteiger charge is 2.20. The van der Waals surface area contributed by atoms with Crippen LogP contribution in [-0.2, 0) is 6.54 Å². The van der Waals surface area contributed by atoms with Crippen LogP contribution < -0.4 is 14.8 Å². The van der Waals surface area contributed by atoms with Crippen LogP contribution in [0.25, 0.3) is 0 Å². The third-order valence-corrected chi connectivity index (χ3v) is 3.85. The van der Waals surface area contributed by atoms with E-state index in [1.54, 1.807) is 7.11 Å². The number of likely N-dealkylation sites (tertiary alicyclic amines) is 1. The highest BCUT2D eigenvalue weighted by Crippen LogP contribution is 2.28. The Kier molecular flexibility index (Phi) is 5.89. The van der Waals surface area contributed by atoms with Crippen molar-refractivity contribution in [3.8, 4) is 11.5 Å². The van der Waals surface area contributed by atoms with Crippen molar-refractivity contribution in [3.63, 3.8) is 0 Å². The van der Waals surface area contributed by atoms with Gasteiger partial charge in [0.1, 0.15) is 0 Å². The van der Waals surface area contributed by atoms with Crippen molar-refractivity contribution < 1.29 is 19.4 Å². The van der Waals surface area contributed by atoms with Crippen LogP contribution in [0.1, 0.15) is 25.3 Å². The highest BCUT2D eigenvalue weighted by atomic mass is 16.5. The molecule has 0 unspecified atom stereocenters.